The molecule has 2 N–H and O–H groups in total. The zero-order valence-corrected chi connectivity index (χ0v) is 18.2. The number of alkyl halides is 3. The first-order chi connectivity index (χ1) is 14.9. The summed E-state index contributed by atoms with van der Waals surface area (Å²) in [4.78, 5) is 21.3. The van der Waals surface area contributed by atoms with Gasteiger partial charge in [0.25, 0.3) is 5.56 Å². The van der Waals surface area contributed by atoms with Crippen LogP contribution in [0.25, 0.3) is 11.0 Å². The summed E-state index contributed by atoms with van der Waals surface area (Å²) < 4.78 is 63.3. The number of aromatic nitrogens is 3. The van der Waals surface area contributed by atoms with E-state index in [4.69, 9.17) is 0 Å². The van der Waals surface area contributed by atoms with Crippen molar-refractivity contribution >= 4 is 27.0 Å². The fourth-order valence-corrected chi connectivity index (χ4v) is 5.50. The van der Waals surface area contributed by atoms with E-state index in [0.717, 1.165) is 6.42 Å². The Kier molecular flexibility index (Phi) is 5.70. The number of aliphatic hydroxyl groups is 1. The smallest absolute Gasteiger partial charge is 0.388 e. The van der Waals surface area contributed by atoms with Crippen LogP contribution < -0.4 is 10.9 Å². The lowest BCUT2D eigenvalue weighted by atomic mass is 10.00. The molecule has 2 aromatic heterocycles. The fraction of sp³-hybridized carbons (Fsp3) is 0.632. The highest BCUT2D eigenvalue weighted by Gasteiger charge is 2.50. The first-order valence-electron chi connectivity index (χ1n) is 10.3. The van der Waals surface area contributed by atoms with E-state index in [2.05, 4.69) is 15.3 Å². The highest BCUT2D eigenvalue weighted by atomic mass is 32.2. The van der Waals surface area contributed by atoms with Gasteiger partial charge in [-0.1, -0.05) is 0 Å². The second-order valence-electron chi connectivity index (χ2n) is 8.55. The van der Waals surface area contributed by atoms with Crippen LogP contribution in [0.5, 0.6) is 0 Å². The van der Waals surface area contributed by atoms with Gasteiger partial charge in [-0.05, 0) is 45.1 Å². The summed E-state index contributed by atoms with van der Waals surface area (Å²) in [6.45, 7) is 1.14. The van der Waals surface area contributed by atoms with E-state index in [1.807, 2.05) is 0 Å². The molecule has 1 saturated carbocycles. The number of nitrogens with one attached hydrogen (secondary N) is 1. The molecule has 32 heavy (non-hydrogen) atoms. The van der Waals surface area contributed by atoms with Crippen LogP contribution >= 0.6 is 0 Å². The van der Waals surface area contributed by atoms with Crippen molar-refractivity contribution in [2.24, 2.45) is 0 Å². The maximum Gasteiger partial charge on any atom is 0.511 e. The monoisotopic (exact) mass is 475 g/mol. The van der Waals surface area contributed by atoms with Crippen molar-refractivity contribution in [1.29, 1.82) is 0 Å². The SMILES string of the molecule is CC1(O)CCCC1n1c(=O)ccc2cnc(NC3CCN(S(=O)(=O)C(F)(F)F)CC3)nc21. The van der Waals surface area contributed by atoms with E-state index in [1.165, 1.54) is 16.8 Å². The number of rotatable bonds is 4. The number of halogens is 3. The van der Waals surface area contributed by atoms with Crippen molar-refractivity contribution in [3.05, 3.63) is 28.7 Å². The zero-order chi connectivity index (χ0) is 23.3. The molecular formula is C19H24F3N5O4S. The Balaban J connectivity index is 1.56. The van der Waals surface area contributed by atoms with Crippen LogP contribution in [0.15, 0.2) is 23.1 Å². The number of anilines is 1. The van der Waals surface area contributed by atoms with Gasteiger partial charge in [-0.15, -0.1) is 0 Å². The highest BCUT2D eigenvalue weighted by molar-refractivity contribution is 7.90. The average Bonchev–Trinajstić information content (AvgIpc) is 3.06. The predicted molar refractivity (Wildman–Crippen MR) is 111 cm³/mol. The molecule has 2 aromatic rings. The molecule has 4 rings (SSSR count). The minimum atomic E-state index is -5.34. The van der Waals surface area contributed by atoms with Crippen LogP contribution in [0.3, 0.4) is 0 Å². The molecule has 1 aliphatic carbocycles. The summed E-state index contributed by atoms with van der Waals surface area (Å²) in [6.07, 6.45) is 3.80. The Morgan fingerprint density at radius 1 is 1.22 bits per heavy atom. The second kappa shape index (κ2) is 7.96. The quantitative estimate of drug-likeness (QED) is 0.695. The standard InChI is InChI=1S/C19H24F3N5O4S/c1-18(29)8-2-3-14(18)27-15(28)5-4-12-11-23-17(25-16(12)27)24-13-6-9-26(10-7-13)32(30,31)19(20,21)22/h4-5,11,13-14,29H,2-3,6-10H2,1H3,(H,23,24,25). The molecule has 0 radical (unpaired) electrons. The van der Waals surface area contributed by atoms with E-state index < -0.39 is 27.2 Å². The molecule has 0 bridgehead atoms. The molecule has 2 fully saturated rings. The molecule has 0 spiro atoms. The first kappa shape index (κ1) is 22.9. The number of piperidine rings is 1. The number of hydrogen-bond acceptors (Lipinski definition) is 7. The molecule has 2 aliphatic rings. The minimum Gasteiger partial charge on any atom is -0.388 e. The number of fused-ring (bicyclic) bond motifs is 1. The topological polar surface area (TPSA) is 117 Å². The number of pyridine rings is 1. The third kappa shape index (κ3) is 4.08. The lowest BCUT2D eigenvalue weighted by Crippen LogP contribution is -2.47. The van der Waals surface area contributed by atoms with Gasteiger partial charge >= 0.3 is 15.5 Å². The average molecular weight is 475 g/mol. The molecule has 9 nitrogen and oxygen atoms in total. The molecule has 0 amide bonds. The van der Waals surface area contributed by atoms with Crippen LogP contribution in [0, 0.1) is 0 Å². The minimum absolute atomic E-state index is 0.148. The molecule has 176 valence electrons. The third-order valence-electron chi connectivity index (χ3n) is 6.28. The van der Waals surface area contributed by atoms with E-state index in [1.54, 1.807) is 13.0 Å². The highest BCUT2D eigenvalue weighted by Crippen LogP contribution is 2.39. The molecule has 1 saturated heterocycles. The first-order valence-corrected chi connectivity index (χ1v) is 11.8. The van der Waals surface area contributed by atoms with Crippen LogP contribution in [0.1, 0.15) is 45.1 Å². The third-order valence-corrected chi connectivity index (χ3v) is 7.91. The summed E-state index contributed by atoms with van der Waals surface area (Å²) in [7, 11) is -5.34. The predicted octanol–water partition coefficient (Wildman–Crippen LogP) is 1.99. The van der Waals surface area contributed by atoms with Crippen molar-refractivity contribution in [3.63, 3.8) is 0 Å². The van der Waals surface area contributed by atoms with Crippen molar-refractivity contribution in [1.82, 2.24) is 18.8 Å². The van der Waals surface area contributed by atoms with Crippen molar-refractivity contribution < 1.29 is 26.7 Å². The molecule has 13 heteroatoms. The Morgan fingerprint density at radius 3 is 2.50 bits per heavy atom. The van der Waals surface area contributed by atoms with E-state index in [0.29, 0.717) is 28.2 Å². The summed E-state index contributed by atoms with van der Waals surface area (Å²) >= 11 is 0. The molecule has 2 unspecified atom stereocenters. The summed E-state index contributed by atoms with van der Waals surface area (Å²) in [5, 5.41) is 14.4. The number of nitrogens with zero attached hydrogens (tertiary/aromatic N) is 4. The molecular weight excluding hydrogens is 451 g/mol. The Hall–Kier alpha value is -2.25. The van der Waals surface area contributed by atoms with E-state index in [9.17, 15) is 31.5 Å². The Morgan fingerprint density at radius 2 is 1.91 bits per heavy atom. The molecule has 2 atom stereocenters. The van der Waals surface area contributed by atoms with Gasteiger partial charge in [-0.2, -0.15) is 22.5 Å². The van der Waals surface area contributed by atoms with Crippen molar-refractivity contribution in [2.45, 2.75) is 62.2 Å². The van der Waals surface area contributed by atoms with Gasteiger partial charge in [0.2, 0.25) is 5.95 Å². The molecule has 3 heterocycles. The van der Waals surface area contributed by atoms with Gasteiger partial charge in [0.15, 0.2) is 0 Å². The van der Waals surface area contributed by atoms with Crippen molar-refractivity contribution in [2.75, 3.05) is 18.4 Å². The lowest BCUT2D eigenvalue weighted by Gasteiger charge is -2.32. The maximum atomic E-state index is 12.8. The number of hydrogen-bond donors (Lipinski definition) is 2. The Labute approximate surface area is 182 Å². The van der Waals surface area contributed by atoms with Gasteiger partial charge in [0.05, 0.1) is 11.6 Å². The summed E-state index contributed by atoms with van der Waals surface area (Å²) in [5.41, 5.74) is -6.30. The summed E-state index contributed by atoms with van der Waals surface area (Å²) in [5.74, 6) is 0.187. The van der Waals surface area contributed by atoms with Crippen LogP contribution in [0.4, 0.5) is 19.1 Å². The van der Waals surface area contributed by atoms with E-state index in [-0.39, 0.29) is 43.5 Å². The van der Waals surface area contributed by atoms with E-state index >= 15 is 0 Å². The Bertz CT molecular complexity index is 1170. The van der Waals surface area contributed by atoms with Crippen LogP contribution in [-0.2, 0) is 10.0 Å². The van der Waals surface area contributed by atoms with Gasteiger partial charge in [0.1, 0.15) is 5.65 Å². The van der Waals surface area contributed by atoms with Crippen molar-refractivity contribution in [3.8, 4) is 0 Å². The molecule has 0 aromatic carbocycles. The molecule has 1 aliphatic heterocycles. The zero-order valence-electron chi connectivity index (χ0n) is 17.3. The van der Waals surface area contributed by atoms with Crippen LogP contribution in [0.2, 0.25) is 0 Å². The van der Waals surface area contributed by atoms with Gasteiger partial charge in [-0.3, -0.25) is 9.36 Å². The second-order valence-corrected chi connectivity index (χ2v) is 10.5. The normalized spacial score (nSPS) is 26.0. The number of sulfonamides is 1. The largest absolute Gasteiger partial charge is 0.511 e. The lowest BCUT2D eigenvalue weighted by molar-refractivity contribution is -0.0494. The summed E-state index contributed by atoms with van der Waals surface area (Å²) in [6, 6.07) is 2.24. The van der Waals surface area contributed by atoms with Gasteiger partial charge < -0.3 is 10.4 Å². The fourth-order valence-electron chi connectivity index (χ4n) is 4.52. The van der Waals surface area contributed by atoms with Gasteiger partial charge in [0, 0.05) is 36.8 Å². The van der Waals surface area contributed by atoms with Crippen LogP contribution in [-0.4, -0.2) is 62.6 Å². The maximum absolute atomic E-state index is 12.8. The van der Waals surface area contributed by atoms with Gasteiger partial charge in [-0.25, -0.2) is 13.4 Å².